The molecule has 0 rings (SSSR count). The van der Waals surface area contributed by atoms with E-state index in [1.807, 2.05) is 0 Å². The van der Waals surface area contributed by atoms with E-state index in [2.05, 4.69) is 0 Å². The van der Waals surface area contributed by atoms with Gasteiger partial charge in [0.2, 0.25) is 0 Å². The van der Waals surface area contributed by atoms with Gasteiger partial charge in [-0.2, -0.15) is 22.0 Å². The van der Waals surface area contributed by atoms with E-state index in [1.54, 1.807) is 0 Å². The van der Waals surface area contributed by atoms with Crippen molar-refractivity contribution in [3.8, 4) is 0 Å². The molecule has 0 spiro atoms. The summed E-state index contributed by atoms with van der Waals surface area (Å²) in [6.07, 6.45) is -11.1. The number of alkyl halides is 6. The molecule has 0 radical (unpaired) electrons. The standard InChI is InChI=1S/C3H2F6O3S.K/c4-1(2(5,6)7)3(8,9)13(10,11)12;/h1H,(H,10,11,12);/q;+1/p-1. The zero-order valence-electron chi connectivity index (χ0n) is 6.48. The van der Waals surface area contributed by atoms with Gasteiger partial charge in [-0.3, -0.25) is 0 Å². The third-order valence-corrected chi connectivity index (χ3v) is 1.79. The van der Waals surface area contributed by atoms with Gasteiger partial charge < -0.3 is 4.55 Å². The predicted molar refractivity (Wildman–Crippen MR) is 25.6 cm³/mol. The van der Waals surface area contributed by atoms with Gasteiger partial charge in [-0.05, 0) is 0 Å². The fourth-order valence-electron chi connectivity index (χ4n) is 0.317. The van der Waals surface area contributed by atoms with Crippen LogP contribution in [0.3, 0.4) is 0 Å². The van der Waals surface area contributed by atoms with E-state index in [0.717, 1.165) is 0 Å². The van der Waals surface area contributed by atoms with Gasteiger partial charge in [0.05, 0.1) is 0 Å². The second-order valence-corrected chi connectivity index (χ2v) is 3.37. The molecule has 1 atom stereocenters. The molecule has 0 aliphatic rings. The maximum atomic E-state index is 11.8. The van der Waals surface area contributed by atoms with Crippen LogP contribution in [0.2, 0.25) is 0 Å². The summed E-state index contributed by atoms with van der Waals surface area (Å²) in [5.41, 5.74) is 0. The van der Waals surface area contributed by atoms with Gasteiger partial charge in [-0.1, -0.05) is 0 Å². The van der Waals surface area contributed by atoms with Crippen molar-refractivity contribution >= 4 is 10.1 Å². The van der Waals surface area contributed by atoms with Gasteiger partial charge >= 0.3 is 62.8 Å². The van der Waals surface area contributed by atoms with Crippen LogP contribution in [0.15, 0.2) is 0 Å². The molecular formula is C3HF6KO3S. The Balaban J connectivity index is 0. The van der Waals surface area contributed by atoms with E-state index in [4.69, 9.17) is 0 Å². The van der Waals surface area contributed by atoms with Crippen LogP contribution >= 0.6 is 0 Å². The average Bonchev–Trinajstić information content (AvgIpc) is 1.81. The molecule has 0 aromatic heterocycles. The maximum Gasteiger partial charge on any atom is 1.00 e. The van der Waals surface area contributed by atoms with Crippen LogP contribution in [0.5, 0.6) is 0 Å². The van der Waals surface area contributed by atoms with E-state index in [0.29, 0.717) is 0 Å². The molecule has 0 bridgehead atoms. The van der Waals surface area contributed by atoms with Crippen LogP contribution in [0.1, 0.15) is 0 Å². The first-order valence-electron chi connectivity index (χ1n) is 2.44. The van der Waals surface area contributed by atoms with Crippen LogP contribution < -0.4 is 51.4 Å². The Labute approximate surface area is 117 Å². The molecule has 14 heavy (non-hydrogen) atoms. The molecule has 0 heterocycles. The molecule has 0 amide bonds. The molecule has 0 N–H and O–H groups in total. The Morgan fingerprint density at radius 1 is 1.07 bits per heavy atom. The molecule has 0 aliphatic carbocycles. The first kappa shape index (κ1) is 17.5. The summed E-state index contributed by atoms with van der Waals surface area (Å²) in [7, 11) is -6.66. The summed E-state index contributed by atoms with van der Waals surface area (Å²) in [6, 6.07) is 0. The van der Waals surface area contributed by atoms with Crippen molar-refractivity contribution in [3.63, 3.8) is 0 Å². The zero-order valence-corrected chi connectivity index (χ0v) is 10.4. The first-order chi connectivity index (χ1) is 5.40. The Morgan fingerprint density at radius 2 is 1.36 bits per heavy atom. The van der Waals surface area contributed by atoms with E-state index in [9.17, 15) is 39.3 Å². The smallest absolute Gasteiger partial charge is 0.743 e. The maximum absolute atomic E-state index is 11.8. The summed E-state index contributed by atoms with van der Waals surface area (Å²) in [6.45, 7) is 0. The van der Waals surface area contributed by atoms with Crippen LogP contribution in [-0.4, -0.2) is 30.6 Å². The van der Waals surface area contributed by atoms with Gasteiger partial charge in [0, 0.05) is 0 Å². The van der Waals surface area contributed by atoms with Crippen molar-refractivity contribution in [2.24, 2.45) is 0 Å². The van der Waals surface area contributed by atoms with E-state index in [1.165, 1.54) is 0 Å². The van der Waals surface area contributed by atoms with Gasteiger partial charge in [0.15, 0.2) is 10.1 Å². The third-order valence-electron chi connectivity index (χ3n) is 0.916. The second kappa shape index (κ2) is 4.97. The van der Waals surface area contributed by atoms with Crippen LogP contribution in [0, 0.1) is 0 Å². The summed E-state index contributed by atoms with van der Waals surface area (Å²) >= 11 is 0. The third kappa shape index (κ3) is 3.94. The van der Waals surface area contributed by atoms with Crippen LogP contribution in [0.25, 0.3) is 0 Å². The first-order valence-corrected chi connectivity index (χ1v) is 3.85. The Kier molecular flexibility index (Phi) is 6.22. The van der Waals surface area contributed by atoms with Crippen molar-refractivity contribution in [1.29, 1.82) is 0 Å². The SMILES string of the molecule is O=S(=O)([O-])C(F)(F)C(F)C(F)(F)F.[K+]. The molecule has 3 nitrogen and oxygen atoms in total. The second-order valence-electron chi connectivity index (χ2n) is 1.92. The number of rotatable bonds is 2. The summed E-state index contributed by atoms with van der Waals surface area (Å²) < 4.78 is 97.5. The van der Waals surface area contributed by atoms with Crippen LogP contribution in [-0.2, 0) is 10.1 Å². The zero-order chi connectivity index (χ0) is 11.1. The van der Waals surface area contributed by atoms with Gasteiger partial charge in [0.1, 0.15) is 0 Å². The predicted octanol–water partition coefficient (Wildman–Crippen LogP) is -1.97. The van der Waals surface area contributed by atoms with Crippen molar-refractivity contribution in [2.45, 2.75) is 17.6 Å². The Hall–Kier alpha value is 1.13. The molecule has 0 saturated heterocycles. The molecule has 0 fully saturated rings. The van der Waals surface area contributed by atoms with E-state index in [-0.39, 0.29) is 51.4 Å². The quantitative estimate of drug-likeness (QED) is 0.332. The van der Waals surface area contributed by atoms with Crippen molar-refractivity contribution in [1.82, 2.24) is 0 Å². The number of hydrogen-bond acceptors (Lipinski definition) is 3. The van der Waals surface area contributed by atoms with Crippen LogP contribution in [0.4, 0.5) is 26.3 Å². The van der Waals surface area contributed by atoms with Gasteiger partial charge in [0.25, 0.3) is 6.17 Å². The number of halogens is 6. The number of hydrogen-bond donors (Lipinski definition) is 0. The minimum absolute atomic E-state index is 0. The molecular weight excluding hydrogens is 269 g/mol. The minimum atomic E-state index is -6.66. The monoisotopic (exact) mass is 270 g/mol. The van der Waals surface area contributed by atoms with Crippen molar-refractivity contribution < 1.29 is 90.7 Å². The molecule has 11 heteroatoms. The minimum Gasteiger partial charge on any atom is -0.743 e. The molecule has 1 unspecified atom stereocenters. The summed E-state index contributed by atoms with van der Waals surface area (Å²) in [5.74, 6) is 0. The van der Waals surface area contributed by atoms with Crippen molar-refractivity contribution in [3.05, 3.63) is 0 Å². The van der Waals surface area contributed by atoms with E-state index < -0.39 is 27.7 Å². The summed E-state index contributed by atoms with van der Waals surface area (Å²) in [5, 5.41) is -5.99. The molecule has 80 valence electrons. The molecule has 0 aliphatic heterocycles. The fraction of sp³-hybridized carbons (Fsp3) is 1.00. The van der Waals surface area contributed by atoms with Gasteiger partial charge in [-0.25, -0.2) is 12.8 Å². The molecule has 0 saturated carbocycles. The fourth-order valence-corrected chi connectivity index (χ4v) is 0.704. The largest absolute Gasteiger partial charge is 1.00 e. The summed E-state index contributed by atoms with van der Waals surface area (Å²) in [4.78, 5) is 0. The Morgan fingerprint density at radius 3 is 1.43 bits per heavy atom. The molecule has 0 aromatic rings. The van der Waals surface area contributed by atoms with Gasteiger partial charge in [-0.15, -0.1) is 0 Å². The average molecular weight is 270 g/mol. The van der Waals surface area contributed by atoms with E-state index >= 15 is 0 Å². The Bertz CT molecular complexity index is 283. The molecule has 0 aromatic carbocycles. The van der Waals surface area contributed by atoms with Crippen molar-refractivity contribution in [2.75, 3.05) is 0 Å². The normalized spacial score (nSPS) is 15.9. The topological polar surface area (TPSA) is 57.2 Å².